The lowest BCUT2D eigenvalue weighted by atomic mass is 9.76. The fourth-order valence-electron chi connectivity index (χ4n) is 4.53. The van der Waals surface area contributed by atoms with E-state index in [0.717, 1.165) is 35.1 Å². The van der Waals surface area contributed by atoms with E-state index in [1.165, 1.54) is 0 Å². The van der Waals surface area contributed by atoms with E-state index in [4.69, 9.17) is 0 Å². The van der Waals surface area contributed by atoms with Gasteiger partial charge in [-0.25, -0.2) is 0 Å². The van der Waals surface area contributed by atoms with Crippen molar-refractivity contribution < 1.29 is 14.7 Å². The van der Waals surface area contributed by atoms with Gasteiger partial charge in [0, 0.05) is 5.56 Å². The summed E-state index contributed by atoms with van der Waals surface area (Å²) in [6.07, 6.45) is 1.74. The maximum absolute atomic E-state index is 13.9. The van der Waals surface area contributed by atoms with Crippen LogP contribution in [0.15, 0.2) is 103 Å². The zero-order valence-corrected chi connectivity index (χ0v) is 20.1. The number of Topliss-reactive ketones (excluding diaryl/α,β-unsaturated/α-hetero) is 1. The minimum Gasteiger partial charge on any atom is -0.481 e. The van der Waals surface area contributed by atoms with Crippen LogP contribution in [-0.2, 0) is 17.6 Å². The fourth-order valence-corrected chi connectivity index (χ4v) is 4.53. The number of rotatable bonds is 9. The van der Waals surface area contributed by atoms with Crippen LogP contribution in [0.4, 0.5) is 0 Å². The summed E-state index contributed by atoms with van der Waals surface area (Å²) in [6.45, 7) is 4.13. The molecule has 3 heteroatoms. The second-order valence-corrected chi connectivity index (χ2v) is 8.79. The Balaban J connectivity index is 1.76. The van der Waals surface area contributed by atoms with Crippen molar-refractivity contribution in [3.8, 4) is 11.1 Å². The Morgan fingerprint density at radius 1 is 0.600 bits per heavy atom. The van der Waals surface area contributed by atoms with Crippen LogP contribution in [0, 0.1) is 0 Å². The zero-order valence-electron chi connectivity index (χ0n) is 20.1. The van der Waals surface area contributed by atoms with Gasteiger partial charge in [-0.3, -0.25) is 9.59 Å². The molecule has 176 valence electrons. The normalized spacial score (nSPS) is 12.6. The highest BCUT2D eigenvalue weighted by atomic mass is 16.4. The third-order valence-electron chi connectivity index (χ3n) is 6.65. The molecule has 0 spiro atoms. The number of carbonyl (C=O) groups excluding carboxylic acids is 1. The Bertz CT molecular complexity index is 1270. The maximum atomic E-state index is 13.9. The molecule has 0 aliphatic carbocycles. The van der Waals surface area contributed by atoms with Crippen LogP contribution in [0.2, 0.25) is 0 Å². The summed E-state index contributed by atoms with van der Waals surface area (Å²) in [5, 5.41) is 10.3. The summed E-state index contributed by atoms with van der Waals surface area (Å²) >= 11 is 0. The predicted molar refractivity (Wildman–Crippen MR) is 141 cm³/mol. The molecular weight excluding hydrogens is 432 g/mol. The highest BCUT2D eigenvalue weighted by molar-refractivity contribution is 6.04. The third kappa shape index (κ3) is 5.41. The minimum absolute atomic E-state index is 0.194. The molecule has 0 radical (unpaired) electrons. The lowest BCUT2D eigenvalue weighted by Gasteiger charge is -2.24. The molecule has 4 aromatic carbocycles. The van der Waals surface area contributed by atoms with Crippen LogP contribution in [-0.4, -0.2) is 16.9 Å². The SMILES string of the molecule is CCc1ccc(C(C(=O)O)C(C(=O)c2ccc(-c3ccccc3)cc2)c2ccc(CC)cc2)cc1. The molecule has 0 saturated heterocycles. The number of benzene rings is 4. The summed E-state index contributed by atoms with van der Waals surface area (Å²) in [7, 11) is 0. The van der Waals surface area contributed by atoms with Crippen molar-refractivity contribution in [2.24, 2.45) is 0 Å². The summed E-state index contributed by atoms with van der Waals surface area (Å²) in [5.74, 6) is -3.03. The van der Waals surface area contributed by atoms with Crippen molar-refractivity contribution in [1.29, 1.82) is 0 Å². The highest BCUT2D eigenvalue weighted by Crippen LogP contribution is 2.37. The number of aliphatic carboxylic acids is 1. The second kappa shape index (κ2) is 11.0. The van der Waals surface area contributed by atoms with Gasteiger partial charge in [0.15, 0.2) is 5.78 Å². The van der Waals surface area contributed by atoms with Crippen LogP contribution in [0.25, 0.3) is 11.1 Å². The van der Waals surface area contributed by atoms with Gasteiger partial charge < -0.3 is 5.11 Å². The van der Waals surface area contributed by atoms with E-state index < -0.39 is 17.8 Å². The number of hydrogen-bond donors (Lipinski definition) is 1. The molecule has 0 aliphatic rings. The van der Waals surface area contributed by atoms with Crippen molar-refractivity contribution in [3.05, 3.63) is 131 Å². The van der Waals surface area contributed by atoms with E-state index in [9.17, 15) is 14.7 Å². The maximum Gasteiger partial charge on any atom is 0.312 e. The topological polar surface area (TPSA) is 54.4 Å². The van der Waals surface area contributed by atoms with E-state index >= 15 is 0 Å². The van der Waals surface area contributed by atoms with Crippen molar-refractivity contribution in [1.82, 2.24) is 0 Å². The molecule has 4 rings (SSSR count). The predicted octanol–water partition coefficient (Wildman–Crippen LogP) is 7.31. The van der Waals surface area contributed by atoms with E-state index in [-0.39, 0.29) is 5.78 Å². The first-order valence-electron chi connectivity index (χ1n) is 12.1. The van der Waals surface area contributed by atoms with Crippen molar-refractivity contribution in [2.75, 3.05) is 0 Å². The van der Waals surface area contributed by atoms with Gasteiger partial charge in [0.1, 0.15) is 0 Å². The molecule has 0 heterocycles. The van der Waals surface area contributed by atoms with Crippen LogP contribution >= 0.6 is 0 Å². The zero-order chi connectivity index (χ0) is 24.8. The van der Waals surface area contributed by atoms with Crippen LogP contribution in [0.5, 0.6) is 0 Å². The molecule has 0 bridgehead atoms. The molecule has 0 amide bonds. The largest absolute Gasteiger partial charge is 0.481 e. The average molecular weight is 463 g/mol. The van der Waals surface area contributed by atoms with E-state index in [1.54, 1.807) is 12.1 Å². The van der Waals surface area contributed by atoms with E-state index in [1.807, 2.05) is 91.0 Å². The van der Waals surface area contributed by atoms with Gasteiger partial charge >= 0.3 is 5.97 Å². The summed E-state index contributed by atoms with van der Waals surface area (Å²) in [6, 6.07) is 32.8. The first-order valence-corrected chi connectivity index (χ1v) is 12.1. The lowest BCUT2D eigenvalue weighted by Crippen LogP contribution is -2.27. The number of aryl methyl sites for hydroxylation is 2. The standard InChI is InChI=1S/C32H30O3/c1-3-22-10-14-26(15-11-22)29(30(32(34)35)27-16-12-23(4-2)13-17-27)31(33)28-20-18-25(19-21-28)24-8-6-5-7-9-24/h5-21,29-30H,3-4H2,1-2H3,(H,34,35). The number of ketones is 1. The Kier molecular flexibility index (Phi) is 7.57. The van der Waals surface area contributed by atoms with Crippen molar-refractivity contribution in [2.45, 2.75) is 38.5 Å². The van der Waals surface area contributed by atoms with Gasteiger partial charge in [-0.15, -0.1) is 0 Å². The highest BCUT2D eigenvalue weighted by Gasteiger charge is 2.36. The number of carbonyl (C=O) groups is 2. The van der Waals surface area contributed by atoms with E-state index in [0.29, 0.717) is 16.7 Å². The van der Waals surface area contributed by atoms with Gasteiger partial charge in [0.05, 0.1) is 11.8 Å². The molecule has 0 aromatic heterocycles. The fraction of sp³-hybridized carbons (Fsp3) is 0.188. The summed E-state index contributed by atoms with van der Waals surface area (Å²) in [5.41, 5.74) is 6.20. The number of hydrogen-bond acceptors (Lipinski definition) is 2. The Morgan fingerprint density at radius 2 is 1.06 bits per heavy atom. The molecule has 1 N–H and O–H groups in total. The molecule has 0 saturated carbocycles. The Morgan fingerprint density at radius 3 is 1.51 bits per heavy atom. The van der Waals surface area contributed by atoms with Crippen molar-refractivity contribution >= 4 is 11.8 Å². The Labute approximate surface area is 207 Å². The summed E-state index contributed by atoms with van der Waals surface area (Å²) < 4.78 is 0. The average Bonchev–Trinajstić information content (AvgIpc) is 2.92. The molecular formula is C32H30O3. The molecule has 35 heavy (non-hydrogen) atoms. The second-order valence-electron chi connectivity index (χ2n) is 8.79. The molecule has 4 aromatic rings. The number of carboxylic acid groups (broad SMARTS) is 1. The van der Waals surface area contributed by atoms with Crippen molar-refractivity contribution in [3.63, 3.8) is 0 Å². The third-order valence-corrected chi connectivity index (χ3v) is 6.65. The quantitative estimate of drug-likeness (QED) is 0.265. The van der Waals surface area contributed by atoms with Gasteiger partial charge in [0.2, 0.25) is 0 Å². The Hall–Kier alpha value is -3.98. The molecule has 3 nitrogen and oxygen atoms in total. The summed E-state index contributed by atoms with van der Waals surface area (Å²) in [4.78, 5) is 26.5. The first-order chi connectivity index (χ1) is 17.0. The van der Waals surface area contributed by atoms with Gasteiger partial charge in [-0.1, -0.05) is 117 Å². The van der Waals surface area contributed by atoms with E-state index in [2.05, 4.69) is 13.8 Å². The molecule has 0 fully saturated rings. The smallest absolute Gasteiger partial charge is 0.312 e. The first kappa shape index (κ1) is 24.2. The molecule has 2 unspecified atom stereocenters. The monoisotopic (exact) mass is 462 g/mol. The van der Waals surface area contributed by atoms with Crippen LogP contribution < -0.4 is 0 Å². The van der Waals surface area contributed by atoms with Crippen LogP contribution in [0.3, 0.4) is 0 Å². The number of carboxylic acids is 1. The van der Waals surface area contributed by atoms with Crippen LogP contribution in [0.1, 0.15) is 58.3 Å². The minimum atomic E-state index is -1.01. The van der Waals surface area contributed by atoms with Gasteiger partial charge in [-0.2, -0.15) is 0 Å². The van der Waals surface area contributed by atoms with Gasteiger partial charge in [-0.05, 0) is 46.2 Å². The lowest BCUT2D eigenvalue weighted by molar-refractivity contribution is -0.139. The van der Waals surface area contributed by atoms with Gasteiger partial charge in [0.25, 0.3) is 0 Å². The molecule has 2 atom stereocenters. The molecule has 0 aliphatic heterocycles.